The second-order valence-electron chi connectivity index (χ2n) is 5.64. The summed E-state index contributed by atoms with van der Waals surface area (Å²) in [7, 11) is 2.01. The Kier molecular flexibility index (Phi) is 4.24. The standard InChI is InChI=1S/C15H21N5O/c1-10-17-8-7-12(18-10)15-19-14(21-20-15)9-13(16-2)11-5-3-4-6-11/h7-8,11,13,16H,3-6,9H2,1-2H3. The van der Waals surface area contributed by atoms with Gasteiger partial charge in [0.2, 0.25) is 11.7 Å². The Morgan fingerprint density at radius 1 is 1.33 bits per heavy atom. The quantitative estimate of drug-likeness (QED) is 0.908. The zero-order valence-corrected chi connectivity index (χ0v) is 12.5. The van der Waals surface area contributed by atoms with Crippen LogP contribution in [-0.4, -0.2) is 33.2 Å². The first-order chi connectivity index (χ1) is 10.3. The van der Waals surface area contributed by atoms with Crippen molar-refractivity contribution >= 4 is 0 Å². The van der Waals surface area contributed by atoms with Crippen molar-refractivity contribution in [1.82, 2.24) is 25.4 Å². The van der Waals surface area contributed by atoms with Gasteiger partial charge in [-0.1, -0.05) is 18.0 Å². The molecule has 0 bridgehead atoms. The molecular formula is C15H21N5O. The van der Waals surface area contributed by atoms with Crippen LogP contribution in [0.4, 0.5) is 0 Å². The fourth-order valence-corrected chi connectivity index (χ4v) is 3.07. The lowest BCUT2D eigenvalue weighted by Crippen LogP contribution is -2.34. The van der Waals surface area contributed by atoms with Gasteiger partial charge in [-0.15, -0.1) is 0 Å². The molecule has 0 radical (unpaired) electrons. The molecule has 1 aliphatic rings. The first kappa shape index (κ1) is 14.1. The highest BCUT2D eigenvalue weighted by Crippen LogP contribution is 2.29. The van der Waals surface area contributed by atoms with Crippen molar-refractivity contribution in [2.45, 2.75) is 45.1 Å². The Morgan fingerprint density at radius 2 is 2.14 bits per heavy atom. The van der Waals surface area contributed by atoms with Crippen LogP contribution in [0.1, 0.15) is 37.4 Å². The van der Waals surface area contributed by atoms with E-state index in [0.717, 1.165) is 6.42 Å². The molecule has 1 fully saturated rings. The SMILES string of the molecule is CNC(Cc1nc(-c2ccnc(C)n2)no1)C1CCCC1. The van der Waals surface area contributed by atoms with Crippen LogP contribution < -0.4 is 5.32 Å². The monoisotopic (exact) mass is 287 g/mol. The van der Waals surface area contributed by atoms with E-state index in [1.807, 2.05) is 14.0 Å². The minimum absolute atomic E-state index is 0.410. The van der Waals surface area contributed by atoms with E-state index in [1.54, 1.807) is 12.3 Å². The maximum absolute atomic E-state index is 5.39. The molecule has 21 heavy (non-hydrogen) atoms. The molecular weight excluding hydrogens is 266 g/mol. The summed E-state index contributed by atoms with van der Waals surface area (Å²) in [5.41, 5.74) is 0.708. The molecule has 2 heterocycles. The summed E-state index contributed by atoms with van der Waals surface area (Å²) in [6.45, 7) is 1.85. The summed E-state index contributed by atoms with van der Waals surface area (Å²) < 4.78 is 5.39. The van der Waals surface area contributed by atoms with Gasteiger partial charge in [-0.25, -0.2) is 9.97 Å². The molecule has 0 amide bonds. The number of rotatable bonds is 5. The smallest absolute Gasteiger partial charge is 0.228 e. The molecule has 2 aromatic heterocycles. The molecule has 0 spiro atoms. The van der Waals surface area contributed by atoms with E-state index in [1.165, 1.54) is 25.7 Å². The van der Waals surface area contributed by atoms with E-state index in [2.05, 4.69) is 25.4 Å². The summed E-state index contributed by atoms with van der Waals surface area (Å²) in [6, 6.07) is 2.21. The predicted octanol–water partition coefficient (Wildman–Crippen LogP) is 2.16. The summed E-state index contributed by atoms with van der Waals surface area (Å²) in [6.07, 6.45) is 7.73. The lowest BCUT2D eigenvalue weighted by molar-refractivity contribution is 0.318. The minimum atomic E-state index is 0.410. The van der Waals surface area contributed by atoms with Crippen molar-refractivity contribution in [1.29, 1.82) is 0 Å². The topological polar surface area (TPSA) is 76.7 Å². The number of hydrogen-bond donors (Lipinski definition) is 1. The third-order valence-electron chi connectivity index (χ3n) is 4.21. The van der Waals surface area contributed by atoms with Crippen molar-refractivity contribution in [3.63, 3.8) is 0 Å². The highest BCUT2D eigenvalue weighted by atomic mass is 16.5. The van der Waals surface area contributed by atoms with Gasteiger partial charge in [-0.2, -0.15) is 4.98 Å². The summed E-state index contributed by atoms with van der Waals surface area (Å²) in [5.74, 6) is 2.63. The van der Waals surface area contributed by atoms with Crippen molar-refractivity contribution < 1.29 is 4.52 Å². The molecule has 1 saturated carbocycles. The second kappa shape index (κ2) is 6.30. The van der Waals surface area contributed by atoms with Crippen molar-refractivity contribution in [3.05, 3.63) is 24.0 Å². The Balaban J connectivity index is 1.72. The largest absolute Gasteiger partial charge is 0.339 e. The van der Waals surface area contributed by atoms with Gasteiger partial charge in [0.1, 0.15) is 11.5 Å². The summed E-state index contributed by atoms with van der Waals surface area (Å²) >= 11 is 0. The summed E-state index contributed by atoms with van der Waals surface area (Å²) in [5, 5.41) is 7.43. The number of aryl methyl sites for hydroxylation is 1. The molecule has 1 unspecified atom stereocenters. The lowest BCUT2D eigenvalue weighted by atomic mass is 9.95. The van der Waals surface area contributed by atoms with Crippen LogP contribution in [-0.2, 0) is 6.42 Å². The first-order valence-electron chi connectivity index (χ1n) is 7.56. The highest BCUT2D eigenvalue weighted by molar-refractivity contribution is 5.46. The van der Waals surface area contributed by atoms with Crippen LogP contribution >= 0.6 is 0 Å². The average Bonchev–Trinajstić information content (AvgIpc) is 3.16. The fourth-order valence-electron chi connectivity index (χ4n) is 3.07. The van der Waals surface area contributed by atoms with Crippen LogP contribution in [0.15, 0.2) is 16.8 Å². The van der Waals surface area contributed by atoms with Crippen LogP contribution in [0.25, 0.3) is 11.5 Å². The van der Waals surface area contributed by atoms with E-state index in [4.69, 9.17) is 4.52 Å². The zero-order valence-electron chi connectivity index (χ0n) is 12.5. The minimum Gasteiger partial charge on any atom is -0.339 e. The maximum Gasteiger partial charge on any atom is 0.228 e. The van der Waals surface area contributed by atoms with Gasteiger partial charge in [0.25, 0.3) is 0 Å². The molecule has 1 N–H and O–H groups in total. The van der Waals surface area contributed by atoms with Crippen molar-refractivity contribution in [2.75, 3.05) is 7.05 Å². The van der Waals surface area contributed by atoms with Gasteiger partial charge in [0.15, 0.2) is 0 Å². The van der Waals surface area contributed by atoms with Gasteiger partial charge in [0, 0.05) is 18.7 Å². The number of likely N-dealkylation sites (N-methyl/N-ethyl adjacent to an activating group) is 1. The van der Waals surface area contributed by atoms with E-state index >= 15 is 0 Å². The van der Waals surface area contributed by atoms with Crippen LogP contribution in [0.3, 0.4) is 0 Å². The third kappa shape index (κ3) is 3.26. The molecule has 0 aromatic carbocycles. The molecule has 1 aliphatic carbocycles. The van der Waals surface area contributed by atoms with Gasteiger partial charge in [0.05, 0.1) is 0 Å². The van der Waals surface area contributed by atoms with E-state index < -0.39 is 0 Å². The van der Waals surface area contributed by atoms with E-state index in [9.17, 15) is 0 Å². The molecule has 2 aromatic rings. The van der Waals surface area contributed by atoms with Gasteiger partial charge >= 0.3 is 0 Å². The predicted molar refractivity (Wildman–Crippen MR) is 78.6 cm³/mol. The lowest BCUT2D eigenvalue weighted by Gasteiger charge is -2.20. The molecule has 0 saturated heterocycles. The molecule has 0 aliphatic heterocycles. The summed E-state index contributed by atoms with van der Waals surface area (Å²) in [4.78, 5) is 12.9. The highest BCUT2D eigenvalue weighted by Gasteiger charge is 2.25. The van der Waals surface area contributed by atoms with Crippen LogP contribution in [0.5, 0.6) is 0 Å². The van der Waals surface area contributed by atoms with Crippen LogP contribution in [0.2, 0.25) is 0 Å². The molecule has 112 valence electrons. The van der Waals surface area contributed by atoms with Crippen molar-refractivity contribution in [3.8, 4) is 11.5 Å². The normalized spacial score (nSPS) is 17.2. The first-order valence-corrected chi connectivity index (χ1v) is 7.56. The molecule has 3 rings (SSSR count). The van der Waals surface area contributed by atoms with Crippen molar-refractivity contribution in [2.24, 2.45) is 5.92 Å². The van der Waals surface area contributed by atoms with E-state index in [-0.39, 0.29) is 0 Å². The second-order valence-corrected chi connectivity index (χ2v) is 5.64. The molecule has 6 heteroatoms. The van der Waals surface area contributed by atoms with Gasteiger partial charge in [-0.3, -0.25) is 0 Å². The maximum atomic E-state index is 5.39. The molecule has 6 nitrogen and oxygen atoms in total. The number of hydrogen-bond acceptors (Lipinski definition) is 6. The van der Waals surface area contributed by atoms with Crippen LogP contribution in [0, 0.1) is 12.8 Å². The van der Waals surface area contributed by atoms with Gasteiger partial charge < -0.3 is 9.84 Å². The van der Waals surface area contributed by atoms with Gasteiger partial charge in [-0.05, 0) is 38.8 Å². The number of nitrogens with one attached hydrogen (secondary N) is 1. The Morgan fingerprint density at radius 3 is 2.86 bits per heavy atom. The average molecular weight is 287 g/mol. The zero-order chi connectivity index (χ0) is 14.7. The number of aromatic nitrogens is 4. The van der Waals surface area contributed by atoms with E-state index in [0.29, 0.717) is 35.2 Å². The third-order valence-corrected chi connectivity index (χ3v) is 4.21. The Hall–Kier alpha value is -1.82. The fraction of sp³-hybridized carbons (Fsp3) is 0.600. The Labute approximate surface area is 124 Å². The Bertz CT molecular complexity index is 591. The number of nitrogens with zero attached hydrogens (tertiary/aromatic N) is 4. The molecule has 1 atom stereocenters.